The van der Waals surface area contributed by atoms with Gasteiger partial charge in [0.2, 0.25) is 29.5 Å². The van der Waals surface area contributed by atoms with Crippen molar-refractivity contribution in [1.82, 2.24) is 21.3 Å². The van der Waals surface area contributed by atoms with Crippen LogP contribution >= 0.6 is 21.6 Å². The molecule has 2 unspecified atom stereocenters. The Kier molecular flexibility index (Phi) is 12.2. The van der Waals surface area contributed by atoms with E-state index >= 15 is 0 Å². The monoisotopic (exact) mass is 672 g/mol. The Morgan fingerprint density at radius 2 is 1.52 bits per heavy atom. The molecule has 1 aliphatic heterocycles. The summed E-state index contributed by atoms with van der Waals surface area (Å²) in [5, 5.41) is 20.6. The van der Waals surface area contributed by atoms with Crippen molar-refractivity contribution in [3.05, 3.63) is 71.3 Å². The smallest absolute Gasteiger partial charge is 0.327 e. The standard InChI is InChI=1S/C31H40N6O7S2/c1-30(2)23(36-26(40)20(32)14-18-10-12-19(13-11-18)25(33)39)28(42)34-16-22(38)35-21(15-17-8-6-5-7-9-17)27(41)37-24(29(43)44)31(3,4)46-45-30/h5-13,20-21,23-24H,14-16,32H2,1-4H3,(H2,33,39)(H,34,42)(H,35,38)(H,36,40)(H,37,41)(H,43,44)/t20?,21-,23-,24?/m0/s1. The number of benzene rings is 2. The van der Waals surface area contributed by atoms with Crippen LogP contribution in [-0.4, -0.2) is 80.8 Å². The second kappa shape index (κ2) is 15.5. The van der Waals surface area contributed by atoms with Crippen LogP contribution in [0.5, 0.6) is 0 Å². The Hall–Kier alpha value is -4.08. The van der Waals surface area contributed by atoms with Crippen molar-refractivity contribution in [2.24, 2.45) is 11.5 Å². The average molecular weight is 673 g/mol. The third-order valence-electron chi connectivity index (χ3n) is 7.33. The summed E-state index contributed by atoms with van der Waals surface area (Å²) in [6.45, 7) is 6.15. The Morgan fingerprint density at radius 3 is 2.11 bits per heavy atom. The molecule has 0 aromatic heterocycles. The predicted octanol–water partition coefficient (Wildman–Crippen LogP) is 0.505. The lowest BCUT2D eigenvalue weighted by Crippen LogP contribution is -2.61. The topological polar surface area (TPSA) is 223 Å². The SMILES string of the molecule is CC1(C)SSC(C)(C)[C@@H](NC(=O)C(N)Cc2ccc(C(N)=O)cc2)C(=O)NCC(=O)N[C@@H](Cc2ccccc2)C(=O)NC1C(=O)O. The second-order valence-electron chi connectivity index (χ2n) is 12.0. The van der Waals surface area contributed by atoms with E-state index in [2.05, 4.69) is 21.3 Å². The number of primary amides is 1. The number of hydrogen-bond donors (Lipinski definition) is 7. The fraction of sp³-hybridized carbons (Fsp3) is 0.419. The minimum absolute atomic E-state index is 0.0792. The van der Waals surface area contributed by atoms with Gasteiger partial charge >= 0.3 is 5.97 Å². The van der Waals surface area contributed by atoms with E-state index in [4.69, 9.17) is 11.5 Å². The first-order valence-corrected chi connectivity index (χ1v) is 16.6. The van der Waals surface area contributed by atoms with Crippen molar-refractivity contribution in [2.45, 2.75) is 74.2 Å². The third kappa shape index (κ3) is 9.96. The van der Waals surface area contributed by atoms with Crippen LogP contribution in [0.2, 0.25) is 0 Å². The van der Waals surface area contributed by atoms with E-state index < -0.39 is 75.7 Å². The number of carbonyl (C=O) groups excluding carboxylic acids is 5. The number of nitrogens with two attached hydrogens (primary N) is 2. The van der Waals surface area contributed by atoms with E-state index in [1.54, 1.807) is 70.2 Å². The highest BCUT2D eigenvalue weighted by Gasteiger charge is 2.44. The molecule has 1 aliphatic rings. The number of rotatable bonds is 8. The van der Waals surface area contributed by atoms with Crippen LogP contribution in [0.3, 0.4) is 0 Å². The molecule has 0 saturated carbocycles. The zero-order valence-electron chi connectivity index (χ0n) is 26.0. The number of carboxylic acids is 1. The molecule has 248 valence electrons. The molecule has 0 spiro atoms. The van der Waals surface area contributed by atoms with Gasteiger partial charge in [0.05, 0.1) is 17.3 Å². The van der Waals surface area contributed by atoms with Gasteiger partial charge in [0.15, 0.2) is 0 Å². The molecule has 1 fully saturated rings. The lowest BCUT2D eigenvalue weighted by atomic mass is 10.00. The highest BCUT2D eigenvalue weighted by Crippen LogP contribution is 2.46. The van der Waals surface area contributed by atoms with Gasteiger partial charge in [0.25, 0.3) is 0 Å². The molecule has 5 amide bonds. The Labute approximate surface area is 275 Å². The van der Waals surface area contributed by atoms with Crippen LogP contribution in [0, 0.1) is 0 Å². The quantitative estimate of drug-likeness (QED) is 0.192. The first-order chi connectivity index (χ1) is 21.5. The predicted molar refractivity (Wildman–Crippen MR) is 177 cm³/mol. The summed E-state index contributed by atoms with van der Waals surface area (Å²) < 4.78 is -2.18. The average Bonchev–Trinajstić information content (AvgIpc) is 2.99. The van der Waals surface area contributed by atoms with Gasteiger partial charge in [-0.2, -0.15) is 0 Å². The minimum Gasteiger partial charge on any atom is -0.480 e. The van der Waals surface area contributed by atoms with Gasteiger partial charge in [-0.15, -0.1) is 0 Å². The van der Waals surface area contributed by atoms with E-state index in [0.717, 1.165) is 27.2 Å². The van der Waals surface area contributed by atoms with Crippen LogP contribution in [0.1, 0.15) is 49.2 Å². The zero-order chi connectivity index (χ0) is 34.2. The summed E-state index contributed by atoms with van der Waals surface area (Å²) in [6.07, 6.45) is 0.176. The lowest BCUT2D eigenvalue weighted by molar-refractivity contribution is -0.143. The molecular weight excluding hydrogens is 633 g/mol. The molecule has 0 radical (unpaired) electrons. The third-order valence-corrected chi connectivity index (χ3v) is 11.6. The van der Waals surface area contributed by atoms with Crippen molar-refractivity contribution in [1.29, 1.82) is 0 Å². The molecule has 0 bridgehead atoms. The summed E-state index contributed by atoms with van der Waals surface area (Å²) in [4.78, 5) is 76.9. The van der Waals surface area contributed by atoms with E-state index in [9.17, 15) is 33.9 Å². The Balaban J connectivity index is 1.87. The molecule has 0 aliphatic carbocycles. The van der Waals surface area contributed by atoms with Gasteiger partial charge in [-0.3, -0.25) is 24.0 Å². The normalized spacial score (nSPS) is 22.6. The Bertz CT molecular complexity index is 1450. The van der Waals surface area contributed by atoms with E-state index in [1.807, 2.05) is 0 Å². The van der Waals surface area contributed by atoms with Crippen molar-refractivity contribution >= 4 is 57.1 Å². The summed E-state index contributed by atoms with van der Waals surface area (Å²) in [5.41, 5.74) is 13.2. The fourth-order valence-electron chi connectivity index (χ4n) is 4.62. The van der Waals surface area contributed by atoms with E-state index in [-0.39, 0.29) is 12.8 Å². The molecule has 1 saturated heterocycles. The largest absolute Gasteiger partial charge is 0.480 e. The first kappa shape index (κ1) is 36.4. The van der Waals surface area contributed by atoms with Crippen molar-refractivity contribution < 1.29 is 33.9 Å². The maximum absolute atomic E-state index is 13.5. The van der Waals surface area contributed by atoms with Gasteiger partial charge in [-0.1, -0.05) is 64.1 Å². The van der Waals surface area contributed by atoms with Crippen LogP contribution in [-0.2, 0) is 36.8 Å². The molecule has 46 heavy (non-hydrogen) atoms. The first-order valence-electron chi connectivity index (χ1n) is 14.5. The molecule has 1 heterocycles. The molecule has 2 aromatic carbocycles. The number of carbonyl (C=O) groups is 6. The maximum Gasteiger partial charge on any atom is 0.327 e. The highest BCUT2D eigenvalue weighted by molar-refractivity contribution is 8.77. The molecule has 9 N–H and O–H groups in total. The van der Waals surface area contributed by atoms with Crippen LogP contribution in [0.15, 0.2) is 54.6 Å². The summed E-state index contributed by atoms with van der Waals surface area (Å²) in [5.74, 6) is -4.55. The van der Waals surface area contributed by atoms with Crippen LogP contribution in [0.4, 0.5) is 0 Å². The minimum atomic E-state index is -1.37. The molecule has 15 heteroatoms. The van der Waals surface area contributed by atoms with Gasteiger partial charge in [-0.25, -0.2) is 4.79 Å². The Morgan fingerprint density at radius 1 is 0.913 bits per heavy atom. The number of carboxylic acid groups (broad SMARTS) is 1. The maximum atomic E-state index is 13.5. The van der Waals surface area contributed by atoms with Crippen molar-refractivity contribution in [3.8, 4) is 0 Å². The number of nitrogens with one attached hydrogen (secondary N) is 4. The highest BCUT2D eigenvalue weighted by atomic mass is 33.1. The van der Waals surface area contributed by atoms with Crippen molar-refractivity contribution in [2.75, 3.05) is 6.54 Å². The fourth-order valence-corrected chi connectivity index (χ4v) is 7.43. The summed E-state index contributed by atoms with van der Waals surface area (Å²) in [6, 6.07) is 10.4. The lowest BCUT2D eigenvalue weighted by Gasteiger charge is -2.38. The number of amides is 5. The van der Waals surface area contributed by atoms with Gasteiger partial charge in [0.1, 0.15) is 18.1 Å². The van der Waals surface area contributed by atoms with Crippen LogP contribution < -0.4 is 32.7 Å². The van der Waals surface area contributed by atoms with Gasteiger partial charge in [0, 0.05) is 16.7 Å². The second-order valence-corrected chi connectivity index (χ2v) is 15.4. The van der Waals surface area contributed by atoms with Gasteiger partial charge in [-0.05, 0) is 57.4 Å². The molecule has 4 atom stereocenters. The van der Waals surface area contributed by atoms with Gasteiger partial charge < -0.3 is 37.8 Å². The van der Waals surface area contributed by atoms with Crippen LogP contribution in [0.25, 0.3) is 0 Å². The summed E-state index contributed by atoms with van der Waals surface area (Å²) >= 11 is 0. The molecule has 3 rings (SSSR count). The van der Waals surface area contributed by atoms with E-state index in [0.29, 0.717) is 11.1 Å². The molecule has 2 aromatic rings. The number of aliphatic carboxylic acids is 1. The van der Waals surface area contributed by atoms with Crippen molar-refractivity contribution in [3.63, 3.8) is 0 Å². The zero-order valence-corrected chi connectivity index (χ0v) is 27.6. The molecular formula is C31H40N6O7S2. The van der Waals surface area contributed by atoms with E-state index in [1.165, 1.54) is 12.1 Å². The number of hydrogen-bond acceptors (Lipinski definition) is 9. The molecule has 13 nitrogen and oxygen atoms in total. The summed E-state index contributed by atoms with van der Waals surface area (Å²) in [7, 11) is 2.29.